The van der Waals surface area contributed by atoms with Crippen molar-refractivity contribution >= 4 is 33.9 Å². The molecule has 0 spiro atoms. The van der Waals surface area contributed by atoms with E-state index in [4.69, 9.17) is 10.5 Å². The van der Waals surface area contributed by atoms with Gasteiger partial charge in [-0.25, -0.2) is 0 Å². The van der Waals surface area contributed by atoms with Gasteiger partial charge in [-0.3, -0.25) is 0 Å². The van der Waals surface area contributed by atoms with Crippen molar-refractivity contribution in [3.63, 3.8) is 0 Å². The lowest BCUT2D eigenvalue weighted by atomic mass is 10.2. The number of nitrogen functional groups attached to an aromatic ring is 1. The van der Waals surface area contributed by atoms with Crippen LogP contribution in [0.25, 0.3) is 0 Å². The highest BCUT2D eigenvalue weighted by Gasteiger charge is 2.30. The number of nitrogens with zero attached hydrogens (tertiary/aromatic N) is 3. The van der Waals surface area contributed by atoms with Crippen LogP contribution in [-0.4, -0.2) is 42.7 Å². The molecule has 118 valence electrons. The summed E-state index contributed by atoms with van der Waals surface area (Å²) in [5.41, 5.74) is 7.99. The fourth-order valence-electron chi connectivity index (χ4n) is 2.32. The van der Waals surface area contributed by atoms with Gasteiger partial charge in [0.1, 0.15) is 12.6 Å². The molecule has 1 saturated heterocycles. The molecule has 6 nitrogen and oxygen atoms in total. The van der Waals surface area contributed by atoms with Crippen LogP contribution in [0.5, 0.6) is 0 Å². The number of benzene rings is 1. The average Bonchev–Trinajstić information content (AvgIpc) is 3.14. The van der Waals surface area contributed by atoms with Crippen LogP contribution in [0, 0.1) is 0 Å². The predicted octanol–water partition coefficient (Wildman–Crippen LogP) is 0.939. The zero-order valence-corrected chi connectivity index (χ0v) is 14.2. The normalized spacial score (nSPS) is 21.2. The highest BCUT2D eigenvalue weighted by Crippen LogP contribution is 2.26. The van der Waals surface area contributed by atoms with Gasteiger partial charge in [-0.2, -0.15) is 0 Å². The van der Waals surface area contributed by atoms with Crippen molar-refractivity contribution in [2.24, 2.45) is 0 Å². The third-order valence-electron chi connectivity index (χ3n) is 3.50. The standard InChI is InChI=1S/C14H19N5OS2/c1-19(2)10-5-3-9(4-6-10)12-16-7-11(20-12)8-21-14-18-17-13(15)22-14/h3-6,11-12,16H,7-8H2,1-2H3,(H2,15,17)/p+1/t11-,12+/m1/s1. The molecule has 1 fully saturated rings. The Morgan fingerprint density at radius 1 is 1.36 bits per heavy atom. The topological polar surface area (TPSA) is 80.9 Å². The Bertz CT molecular complexity index is 616. The number of hydrogen-bond donors (Lipinski definition) is 2. The molecule has 0 aliphatic carbocycles. The second-order valence-electron chi connectivity index (χ2n) is 5.35. The minimum absolute atomic E-state index is 0.0845. The molecule has 1 aromatic heterocycles. The van der Waals surface area contributed by atoms with Gasteiger partial charge in [0.15, 0.2) is 4.34 Å². The summed E-state index contributed by atoms with van der Waals surface area (Å²) in [6.07, 6.45) is 0.301. The second kappa shape index (κ2) is 6.82. The molecule has 0 radical (unpaired) electrons. The van der Waals surface area contributed by atoms with Crippen LogP contribution < -0.4 is 16.0 Å². The molecular formula is C14H20N5OS2+. The Morgan fingerprint density at radius 3 is 2.77 bits per heavy atom. The Morgan fingerprint density at radius 2 is 2.14 bits per heavy atom. The highest BCUT2D eigenvalue weighted by atomic mass is 32.2. The van der Waals surface area contributed by atoms with Gasteiger partial charge in [-0.05, 0) is 24.3 Å². The predicted molar refractivity (Wildman–Crippen MR) is 90.2 cm³/mol. The van der Waals surface area contributed by atoms with E-state index in [1.165, 1.54) is 22.6 Å². The maximum Gasteiger partial charge on any atom is 0.217 e. The van der Waals surface area contributed by atoms with Crippen LogP contribution in [0.15, 0.2) is 28.6 Å². The number of hydrogen-bond acceptors (Lipinski definition) is 7. The number of ether oxygens (including phenoxy) is 1. The third kappa shape index (κ3) is 3.70. The van der Waals surface area contributed by atoms with Gasteiger partial charge in [0.2, 0.25) is 11.4 Å². The molecule has 3 rings (SSSR count). The van der Waals surface area contributed by atoms with Crippen molar-refractivity contribution in [2.75, 3.05) is 37.0 Å². The van der Waals surface area contributed by atoms with Gasteiger partial charge in [-0.1, -0.05) is 23.1 Å². The van der Waals surface area contributed by atoms with Crippen LogP contribution in [0.2, 0.25) is 0 Å². The summed E-state index contributed by atoms with van der Waals surface area (Å²) < 4.78 is 7.01. The van der Waals surface area contributed by atoms with E-state index in [0.29, 0.717) is 5.13 Å². The first-order valence-corrected chi connectivity index (χ1v) is 8.90. The summed E-state index contributed by atoms with van der Waals surface area (Å²) in [5, 5.41) is 10.6. The number of thioether (sulfide) groups is 1. The lowest BCUT2D eigenvalue weighted by Gasteiger charge is -2.14. The maximum atomic E-state index is 6.11. The Hall–Kier alpha value is -1.35. The van der Waals surface area contributed by atoms with E-state index < -0.39 is 0 Å². The fraction of sp³-hybridized carbons (Fsp3) is 0.429. The molecule has 1 aliphatic heterocycles. The van der Waals surface area contributed by atoms with Crippen molar-refractivity contribution in [3.05, 3.63) is 29.8 Å². The van der Waals surface area contributed by atoms with Crippen molar-refractivity contribution in [1.29, 1.82) is 0 Å². The van der Waals surface area contributed by atoms with E-state index in [1.54, 1.807) is 11.8 Å². The van der Waals surface area contributed by atoms with Crippen LogP contribution in [-0.2, 0) is 4.74 Å². The highest BCUT2D eigenvalue weighted by molar-refractivity contribution is 8.01. The Labute approximate surface area is 138 Å². The summed E-state index contributed by atoms with van der Waals surface area (Å²) in [5.74, 6) is 0.872. The Balaban J connectivity index is 1.53. The number of anilines is 2. The molecule has 8 heteroatoms. The average molecular weight is 338 g/mol. The molecule has 1 aromatic carbocycles. The summed E-state index contributed by atoms with van der Waals surface area (Å²) in [4.78, 5) is 2.09. The second-order valence-corrected chi connectivity index (χ2v) is 7.63. The van der Waals surface area contributed by atoms with Gasteiger partial charge in [0.25, 0.3) is 0 Å². The van der Waals surface area contributed by atoms with E-state index in [9.17, 15) is 0 Å². The van der Waals surface area contributed by atoms with Crippen molar-refractivity contribution in [2.45, 2.75) is 16.7 Å². The van der Waals surface area contributed by atoms with Crippen LogP contribution >= 0.6 is 23.1 Å². The van der Waals surface area contributed by atoms with E-state index in [0.717, 1.165) is 16.6 Å². The van der Waals surface area contributed by atoms with E-state index in [-0.39, 0.29) is 12.3 Å². The first kappa shape index (κ1) is 15.5. The van der Waals surface area contributed by atoms with Crippen molar-refractivity contribution in [1.82, 2.24) is 10.2 Å². The number of rotatable bonds is 5. The zero-order chi connectivity index (χ0) is 15.5. The number of quaternary nitrogens is 1. The van der Waals surface area contributed by atoms with E-state index >= 15 is 0 Å². The minimum atomic E-state index is 0.0845. The number of nitrogens with two attached hydrogens (primary N) is 2. The third-order valence-corrected chi connectivity index (χ3v) is 5.52. The lowest BCUT2D eigenvalue weighted by Crippen LogP contribution is -2.82. The van der Waals surface area contributed by atoms with Crippen LogP contribution in [0.1, 0.15) is 11.8 Å². The molecule has 4 N–H and O–H groups in total. The largest absolute Gasteiger partial charge is 0.378 e. The zero-order valence-electron chi connectivity index (χ0n) is 12.6. The smallest absolute Gasteiger partial charge is 0.217 e. The quantitative estimate of drug-likeness (QED) is 0.790. The molecule has 0 bridgehead atoms. The maximum absolute atomic E-state index is 6.11. The Kier molecular flexibility index (Phi) is 4.82. The van der Waals surface area contributed by atoms with Gasteiger partial charge < -0.3 is 20.7 Å². The minimum Gasteiger partial charge on any atom is -0.378 e. The molecule has 1 aliphatic rings. The molecule has 2 aromatic rings. The van der Waals surface area contributed by atoms with Gasteiger partial charge in [0, 0.05) is 31.1 Å². The first-order valence-electron chi connectivity index (χ1n) is 7.09. The van der Waals surface area contributed by atoms with Gasteiger partial charge >= 0.3 is 0 Å². The molecule has 22 heavy (non-hydrogen) atoms. The molecule has 0 saturated carbocycles. The summed E-state index contributed by atoms with van der Waals surface area (Å²) in [6.45, 7) is 0.960. The summed E-state index contributed by atoms with van der Waals surface area (Å²) in [7, 11) is 4.08. The summed E-state index contributed by atoms with van der Waals surface area (Å²) >= 11 is 3.08. The first-order chi connectivity index (χ1) is 10.6. The van der Waals surface area contributed by atoms with Crippen molar-refractivity contribution in [3.8, 4) is 0 Å². The molecule has 2 atom stereocenters. The summed E-state index contributed by atoms with van der Waals surface area (Å²) in [6, 6.07) is 8.52. The molecular weight excluding hydrogens is 318 g/mol. The fourth-order valence-corrected chi connectivity index (χ4v) is 4.00. The van der Waals surface area contributed by atoms with Gasteiger partial charge in [-0.15, -0.1) is 10.2 Å². The van der Waals surface area contributed by atoms with E-state index in [1.807, 2.05) is 14.1 Å². The molecule has 0 amide bonds. The lowest BCUT2D eigenvalue weighted by molar-refractivity contribution is -0.697. The monoisotopic (exact) mass is 338 g/mol. The van der Waals surface area contributed by atoms with E-state index in [2.05, 4.69) is 44.7 Å². The van der Waals surface area contributed by atoms with Gasteiger partial charge in [0.05, 0.1) is 0 Å². The molecule has 0 unspecified atom stereocenters. The SMILES string of the molecule is CN(C)c1ccc([C@H]2[NH2+]C[C@H](CSc3nnc(N)s3)O2)cc1. The molecule has 2 heterocycles. The number of aromatic nitrogens is 2. The van der Waals surface area contributed by atoms with Crippen molar-refractivity contribution < 1.29 is 10.1 Å². The van der Waals surface area contributed by atoms with Crippen LogP contribution in [0.4, 0.5) is 10.8 Å². The van der Waals surface area contributed by atoms with Crippen LogP contribution in [0.3, 0.4) is 0 Å².